The average molecular weight is 697 g/mol. The van der Waals surface area contributed by atoms with Gasteiger partial charge in [-0.25, -0.2) is 19.4 Å². The molecule has 1 aliphatic carbocycles. The maximum atomic E-state index is 13.1. The zero-order valence-corrected chi connectivity index (χ0v) is 31.6. The fourth-order valence-corrected chi connectivity index (χ4v) is 7.05. The lowest BCUT2D eigenvalue weighted by atomic mass is 9.72. The summed E-state index contributed by atoms with van der Waals surface area (Å²) in [5.41, 5.74) is 5.08. The number of rotatable bonds is 16. The molecule has 1 aliphatic rings. The standard InChI is InChI=1S/C43H56N2O6/c1-9-10-11-20-27-43(5,6)37-28-38(50-29-44(41(46)48-7)33-21-14-12-15-22-33)39(36-26-19-18-25-35(36)31(2)3)40(32(37)4)51-30-45(42(47)49-8)34-23-16-13-17-24-34/h12-17,19,21-24,26,28,35-36H,2,9-11,18,20,25,27,29-30H2,1,3-8H3/t35-,36+/m0/s1. The van der Waals surface area contributed by atoms with Crippen LogP contribution < -0.4 is 19.3 Å². The first-order valence-electron chi connectivity index (χ1n) is 18.1. The minimum Gasteiger partial charge on any atom is -0.472 e. The van der Waals surface area contributed by atoms with Gasteiger partial charge in [-0.15, -0.1) is 0 Å². The lowest BCUT2D eigenvalue weighted by Gasteiger charge is -2.35. The summed E-state index contributed by atoms with van der Waals surface area (Å²) in [5.74, 6) is 1.28. The Balaban J connectivity index is 1.92. The van der Waals surface area contributed by atoms with Gasteiger partial charge in [-0.2, -0.15) is 0 Å². The molecule has 51 heavy (non-hydrogen) atoms. The molecule has 8 heteroatoms. The zero-order valence-electron chi connectivity index (χ0n) is 31.6. The predicted molar refractivity (Wildman–Crippen MR) is 206 cm³/mol. The van der Waals surface area contributed by atoms with Crippen molar-refractivity contribution in [3.05, 3.63) is 108 Å². The lowest BCUT2D eigenvalue weighted by Crippen LogP contribution is -2.35. The van der Waals surface area contributed by atoms with Gasteiger partial charge >= 0.3 is 12.2 Å². The Morgan fingerprint density at radius 1 is 0.863 bits per heavy atom. The number of hydrogen-bond acceptors (Lipinski definition) is 6. The second-order valence-corrected chi connectivity index (χ2v) is 14.0. The Morgan fingerprint density at radius 3 is 1.96 bits per heavy atom. The number of amides is 2. The number of anilines is 2. The van der Waals surface area contributed by atoms with Crippen molar-refractivity contribution in [1.82, 2.24) is 0 Å². The van der Waals surface area contributed by atoms with Crippen LogP contribution in [0.4, 0.5) is 21.0 Å². The largest absolute Gasteiger partial charge is 0.472 e. The highest BCUT2D eigenvalue weighted by Gasteiger charge is 2.35. The van der Waals surface area contributed by atoms with E-state index in [9.17, 15) is 9.59 Å². The number of nitrogens with zero attached hydrogens (tertiary/aromatic N) is 2. The van der Waals surface area contributed by atoms with Crippen molar-refractivity contribution in [2.75, 3.05) is 37.5 Å². The summed E-state index contributed by atoms with van der Waals surface area (Å²) in [6, 6.07) is 20.8. The van der Waals surface area contributed by atoms with Crippen molar-refractivity contribution < 1.29 is 28.5 Å². The van der Waals surface area contributed by atoms with Crippen molar-refractivity contribution in [3.63, 3.8) is 0 Å². The smallest absolute Gasteiger partial charge is 0.416 e. The minimum atomic E-state index is -0.531. The van der Waals surface area contributed by atoms with Crippen molar-refractivity contribution in [1.29, 1.82) is 0 Å². The van der Waals surface area contributed by atoms with Crippen LogP contribution in [0.3, 0.4) is 0 Å². The third kappa shape index (κ3) is 9.75. The van der Waals surface area contributed by atoms with Gasteiger partial charge in [-0.3, -0.25) is 0 Å². The zero-order chi connectivity index (χ0) is 37.0. The minimum absolute atomic E-state index is 0.0865. The van der Waals surface area contributed by atoms with Gasteiger partial charge < -0.3 is 18.9 Å². The Hall–Kier alpha value is -4.72. The van der Waals surface area contributed by atoms with Crippen molar-refractivity contribution >= 4 is 23.6 Å². The molecule has 0 heterocycles. The summed E-state index contributed by atoms with van der Waals surface area (Å²) >= 11 is 0. The van der Waals surface area contributed by atoms with E-state index in [0.717, 1.165) is 54.4 Å². The highest BCUT2D eigenvalue weighted by atomic mass is 16.6. The van der Waals surface area contributed by atoms with Crippen molar-refractivity contribution in [2.24, 2.45) is 5.92 Å². The Labute approximate surface area is 305 Å². The SMILES string of the molecule is C=C(C)[C@@H]1CCC=C[C@H]1c1c(OCN(C(=O)OC)c2ccccc2)cc(C(C)(C)CCCCCC)c(C)c1OCN(C(=O)OC)c1ccccc1. The number of unbranched alkanes of at least 4 members (excludes halogenated alkanes) is 3. The molecule has 0 aromatic heterocycles. The van der Waals surface area contributed by atoms with Gasteiger partial charge in [0.15, 0.2) is 13.5 Å². The molecule has 8 nitrogen and oxygen atoms in total. The molecular weight excluding hydrogens is 640 g/mol. The molecule has 3 aromatic carbocycles. The second-order valence-electron chi connectivity index (χ2n) is 14.0. The van der Waals surface area contributed by atoms with Crippen LogP contribution >= 0.6 is 0 Å². The number of methoxy groups -OCH3 is 2. The molecule has 0 bridgehead atoms. The first-order chi connectivity index (χ1) is 24.5. The van der Waals surface area contributed by atoms with Crippen LogP contribution in [0.1, 0.15) is 95.2 Å². The molecule has 4 rings (SSSR count). The molecule has 2 amide bonds. The molecular formula is C43H56N2O6. The van der Waals surface area contributed by atoms with Gasteiger partial charge in [-0.1, -0.05) is 107 Å². The summed E-state index contributed by atoms with van der Waals surface area (Å²) in [4.78, 5) is 29.2. The number of para-hydroxylation sites is 2. The maximum absolute atomic E-state index is 13.1. The van der Waals surface area contributed by atoms with E-state index in [1.54, 1.807) is 0 Å². The number of ether oxygens (including phenoxy) is 4. The Bertz CT molecular complexity index is 1640. The number of carbonyl (C=O) groups excluding carboxylic acids is 2. The summed E-state index contributed by atoms with van der Waals surface area (Å²) in [5, 5.41) is 0. The van der Waals surface area contributed by atoms with E-state index in [2.05, 4.69) is 59.4 Å². The van der Waals surface area contributed by atoms with Crippen LogP contribution in [0.25, 0.3) is 0 Å². The van der Waals surface area contributed by atoms with E-state index < -0.39 is 12.2 Å². The van der Waals surface area contributed by atoms with Gasteiger partial charge in [0, 0.05) is 11.5 Å². The van der Waals surface area contributed by atoms with E-state index in [1.807, 2.05) is 60.7 Å². The van der Waals surface area contributed by atoms with E-state index in [4.69, 9.17) is 18.9 Å². The molecule has 274 valence electrons. The fraction of sp³-hybridized carbons (Fsp3) is 0.442. The second kappa shape index (κ2) is 18.5. The molecule has 2 atom stereocenters. The molecule has 0 radical (unpaired) electrons. The highest BCUT2D eigenvalue weighted by Crippen LogP contribution is 2.50. The van der Waals surface area contributed by atoms with E-state index in [0.29, 0.717) is 22.9 Å². The van der Waals surface area contributed by atoms with Crippen LogP contribution in [0.5, 0.6) is 11.5 Å². The van der Waals surface area contributed by atoms with Crippen molar-refractivity contribution in [2.45, 2.75) is 90.9 Å². The molecule has 0 aliphatic heterocycles. The van der Waals surface area contributed by atoms with Gasteiger partial charge in [0.05, 0.1) is 25.6 Å². The molecule has 3 aromatic rings. The third-order valence-electron chi connectivity index (χ3n) is 9.92. The number of benzene rings is 3. The monoisotopic (exact) mass is 696 g/mol. The van der Waals surface area contributed by atoms with Crippen LogP contribution in [0.2, 0.25) is 0 Å². The number of hydrogen-bond donors (Lipinski definition) is 0. The van der Waals surface area contributed by atoms with Crippen LogP contribution in [-0.4, -0.2) is 39.9 Å². The normalized spacial score (nSPS) is 15.5. The first kappa shape index (κ1) is 39.1. The fourth-order valence-electron chi connectivity index (χ4n) is 7.05. The molecule has 0 unspecified atom stereocenters. The van der Waals surface area contributed by atoms with E-state index >= 15 is 0 Å². The van der Waals surface area contributed by atoms with E-state index in [-0.39, 0.29) is 30.7 Å². The summed E-state index contributed by atoms with van der Waals surface area (Å²) in [6.07, 6.45) is 10.8. The number of carbonyl (C=O) groups is 2. The number of allylic oxidation sites excluding steroid dienone is 3. The van der Waals surface area contributed by atoms with Crippen LogP contribution in [0, 0.1) is 12.8 Å². The Kier molecular flexibility index (Phi) is 14.2. The predicted octanol–water partition coefficient (Wildman–Crippen LogP) is 11.1. The quantitative estimate of drug-likeness (QED) is 0.0843. The topological polar surface area (TPSA) is 77.5 Å². The molecule has 0 fully saturated rings. The van der Waals surface area contributed by atoms with Crippen LogP contribution in [0.15, 0.2) is 91.0 Å². The lowest BCUT2D eigenvalue weighted by molar-refractivity contribution is 0.170. The molecule has 0 saturated carbocycles. The Morgan fingerprint density at radius 2 is 1.43 bits per heavy atom. The van der Waals surface area contributed by atoms with E-state index in [1.165, 1.54) is 36.9 Å². The summed E-state index contributed by atoms with van der Waals surface area (Å²) in [7, 11) is 2.73. The first-order valence-corrected chi connectivity index (χ1v) is 18.1. The highest BCUT2D eigenvalue weighted by molar-refractivity contribution is 5.88. The molecule has 0 N–H and O–H groups in total. The van der Waals surface area contributed by atoms with Gasteiger partial charge in [-0.05, 0) is 85.9 Å². The van der Waals surface area contributed by atoms with Gasteiger partial charge in [0.2, 0.25) is 0 Å². The average Bonchev–Trinajstić information content (AvgIpc) is 3.14. The van der Waals surface area contributed by atoms with Crippen molar-refractivity contribution in [3.8, 4) is 11.5 Å². The molecule has 0 saturated heterocycles. The van der Waals surface area contributed by atoms with Gasteiger partial charge in [0.25, 0.3) is 0 Å². The van der Waals surface area contributed by atoms with Crippen LogP contribution in [-0.2, 0) is 14.9 Å². The van der Waals surface area contributed by atoms with Gasteiger partial charge in [0.1, 0.15) is 11.5 Å². The third-order valence-corrected chi connectivity index (χ3v) is 9.92. The summed E-state index contributed by atoms with van der Waals surface area (Å²) < 4.78 is 24.0. The summed E-state index contributed by atoms with van der Waals surface area (Å²) in [6.45, 7) is 15.1. The molecule has 0 spiro atoms. The maximum Gasteiger partial charge on any atom is 0.416 e.